The summed E-state index contributed by atoms with van der Waals surface area (Å²) in [5, 5.41) is 3.02. The van der Waals surface area contributed by atoms with Crippen LogP contribution in [0.5, 0.6) is 5.75 Å². The van der Waals surface area contributed by atoms with Gasteiger partial charge in [-0.2, -0.15) is 0 Å². The van der Waals surface area contributed by atoms with E-state index < -0.39 is 58.1 Å². The number of rotatable bonds is 11. The normalized spacial score (nSPS) is 20.8. The molecule has 1 spiro atoms. The highest BCUT2D eigenvalue weighted by Crippen LogP contribution is 2.46. The second kappa shape index (κ2) is 13.7. The van der Waals surface area contributed by atoms with Crippen LogP contribution >= 0.6 is 11.6 Å². The van der Waals surface area contributed by atoms with Crippen LogP contribution in [0.2, 0.25) is 5.02 Å². The number of hydrogen-bond acceptors (Lipinski definition) is 7. The highest BCUT2D eigenvalue weighted by molar-refractivity contribution is 6.35. The molecule has 3 aromatic rings. The van der Waals surface area contributed by atoms with Crippen molar-refractivity contribution >= 4 is 52.6 Å². The van der Waals surface area contributed by atoms with Crippen molar-refractivity contribution in [3.05, 3.63) is 88.4 Å². The molecule has 0 radical (unpaired) electrons. The summed E-state index contributed by atoms with van der Waals surface area (Å²) in [5.74, 6) is -2.21. The van der Waals surface area contributed by atoms with Gasteiger partial charge in [0.25, 0.3) is 12.1 Å². The topological polar surface area (TPSA) is 122 Å². The number of halogens is 1. The summed E-state index contributed by atoms with van der Waals surface area (Å²) in [6, 6.07) is 17.0. The first-order valence-corrected chi connectivity index (χ1v) is 16.7. The van der Waals surface area contributed by atoms with Crippen LogP contribution < -0.4 is 15.0 Å². The summed E-state index contributed by atoms with van der Waals surface area (Å²) < 4.78 is 10.4. The van der Waals surface area contributed by atoms with Gasteiger partial charge in [0.15, 0.2) is 6.10 Å². The van der Waals surface area contributed by atoms with E-state index in [0.717, 1.165) is 16.7 Å². The van der Waals surface area contributed by atoms with E-state index in [0.29, 0.717) is 17.9 Å². The average molecular weight is 690 g/mol. The molecular weight excluding hydrogens is 648 g/mol. The molecule has 1 N–H and O–H groups in total. The van der Waals surface area contributed by atoms with E-state index in [4.69, 9.17) is 21.1 Å². The monoisotopic (exact) mass is 689 g/mol. The lowest BCUT2D eigenvalue weighted by molar-refractivity contribution is -0.597. The fourth-order valence-electron chi connectivity index (χ4n) is 6.26. The zero-order valence-corrected chi connectivity index (χ0v) is 29.5. The summed E-state index contributed by atoms with van der Waals surface area (Å²) in [6.07, 6.45) is -1.75. The highest BCUT2D eigenvalue weighted by atomic mass is 35.5. The quantitative estimate of drug-likeness (QED) is 0.0845. The van der Waals surface area contributed by atoms with Crippen LogP contribution in [0, 0.1) is 13.8 Å². The Bertz CT molecular complexity index is 1810. The first-order valence-electron chi connectivity index (χ1n) is 16.3. The number of urea groups is 1. The van der Waals surface area contributed by atoms with Gasteiger partial charge in [0.2, 0.25) is 0 Å². The van der Waals surface area contributed by atoms with E-state index in [9.17, 15) is 24.0 Å². The number of aryl methyl sites for hydroxylation is 2. The van der Waals surface area contributed by atoms with Crippen molar-refractivity contribution in [2.24, 2.45) is 0 Å². The van der Waals surface area contributed by atoms with Crippen molar-refractivity contribution in [1.29, 1.82) is 0 Å². The Morgan fingerprint density at radius 1 is 0.980 bits per heavy atom. The van der Waals surface area contributed by atoms with Gasteiger partial charge in [-0.25, -0.2) is 19.3 Å². The molecule has 2 aliphatic rings. The third-order valence-electron chi connectivity index (χ3n) is 8.65. The van der Waals surface area contributed by atoms with Crippen LogP contribution in [0.1, 0.15) is 57.7 Å². The van der Waals surface area contributed by atoms with E-state index in [2.05, 4.69) is 5.32 Å². The number of quaternary nitrogens is 1. The molecule has 258 valence electrons. The molecule has 0 aromatic heterocycles. The number of benzene rings is 3. The molecule has 6 amide bonds. The SMILES string of the molecule is CCOC1C(=O)[N+]2(C(=O)C2C(=O)N(c2cc(NC(=O)C(CC)Oc3ccc(C)cc3C)ccc2Cl)C(C)(C)C)C(=O)N1Cc1ccccc1. The minimum atomic E-state index is -1.62. The number of carbonyl (C=O) groups excluding carboxylic acids is 5. The molecular formula is C37H42ClN4O7+. The van der Waals surface area contributed by atoms with Gasteiger partial charge >= 0.3 is 29.8 Å². The number of nitrogens with one attached hydrogen (secondary N) is 1. The Hall–Kier alpha value is -4.58. The van der Waals surface area contributed by atoms with Gasteiger partial charge in [-0.15, -0.1) is 0 Å². The van der Waals surface area contributed by atoms with E-state index >= 15 is 0 Å². The second-order valence-electron chi connectivity index (χ2n) is 13.3. The lowest BCUT2D eigenvalue weighted by Gasteiger charge is -2.35. The number of anilines is 2. The van der Waals surface area contributed by atoms with E-state index in [1.807, 2.05) is 45.0 Å². The Kier molecular flexibility index (Phi) is 10.0. The molecule has 2 heterocycles. The summed E-state index contributed by atoms with van der Waals surface area (Å²) in [6.45, 7) is 12.8. The number of nitrogens with zero attached hydrogens (tertiary/aromatic N) is 3. The molecule has 3 aromatic carbocycles. The fraction of sp³-hybridized carbons (Fsp3) is 0.378. The predicted octanol–water partition coefficient (Wildman–Crippen LogP) is 6.14. The maximum Gasteiger partial charge on any atom is 0.438 e. The van der Waals surface area contributed by atoms with Crippen LogP contribution in [0.4, 0.5) is 16.2 Å². The molecule has 11 nitrogen and oxygen atoms in total. The van der Waals surface area contributed by atoms with Crippen molar-refractivity contribution in [3.63, 3.8) is 0 Å². The highest BCUT2D eigenvalue weighted by Gasteiger charge is 2.88. The van der Waals surface area contributed by atoms with E-state index in [1.165, 1.54) is 21.9 Å². The maximum absolute atomic E-state index is 14.4. The van der Waals surface area contributed by atoms with Crippen molar-refractivity contribution < 1.29 is 37.9 Å². The molecule has 4 atom stereocenters. The molecule has 0 bridgehead atoms. The number of imide groups is 3. The van der Waals surface area contributed by atoms with Gasteiger partial charge in [0, 0.05) is 17.8 Å². The van der Waals surface area contributed by atoms with Crippen molar-refractivity contribution in [1.82, 2.24) is 4.90 Å². The van der Waals surface area contributed by atoms with Gasteiger partial charge in [-0.1, -0.05) is 71.0 Å². The van der Waals surface area contributed by atoms with E-state index in [-0.39, 0.29) is 23.9 Å². The maximum atomic E-state index is 14.4. The van der Waals surface area contributed by atoms with Crippen LogP contribution in [0.15, 0.2) is 66.7 Å². The standard InChI is InChI=1S/C37H41ClN4O7/c1-8-28(49-29-18-15-22(3)19-23(29)4)31(43)39-25-16-17-26(38)27(20-25)41(37(5,6)7)32(44)30-34(45)42(30)35(46)33(48-9-2)40(36(42)47)21-24-13-11-10-12-14-24/h10-20,28,30,33H,8-9,21H2,1-7H3/p+1. The Labute approximate surface area is 291 Å². The lowest BCUT2D eigenvalue weighted by Crippen LogP contribution is -2.51. The zero-order chi connectivity index (χ0) is 35.8. The molecule has 0 saturated carbocycles. The molecule has 0 aliphatic carbocycles. The van der Waals surface area contributed by atoms with Gasteiger partial charge in [0.1, 0.15) is 5.75 Å². The minimum Gasteiger partial charge on any atom is -0.480 e. The first-order chi connectivity index (χ1) is 23.2. The molecule has 2 saturated heterocycles. The van der Waals surface area contributed by atoms with Crippen LogP contribution in [0.3, 0.4) is 0 Å². The average Bonchev–Trinajstić information content (AvgIpc) is 3.62. The van der Waals surface area contributed by atoms with Crippen molar-refractivity contribution in [2.45, 2.75) is 85.3 Å². The summed E-state index contributed by atoms with van der Waals surface area (Å²) >= 11 is 6.67. The molecule has 2 aliphatic heterocycles. The third-order valence-corrected chi connectivity index (χ3v) is 8.97. The van der Waals surface area contributed by atoms with Crippen molar-refractivity contribution in [3.8, 4) is 5.75 Å². The Balaban J connectivity index is 1.43. The van der Waals surface area contributed by atoms with Crippen LogP contribution in [0.25, 0.3) is 0 Å². The number of amides is 6. The third kappa shape index (κ3) is 6.58. The molecule has 5 rings (SSSR count). The van der Waals surface area contributed by atoms with Crippen LogP contribution in [-0.4, -0.2) is 69.6 Å². The number of ether oxygens (including phenoxy) is 2. The van der Waals surface area contributed by atoms with Gasteiger partial charge in [-0.3, -0.25) is 14.5 Å². The Morgan fingerprint density at radius 3 is 2.29 bits per heavy atom. The van der Waals surface area contributed by atoms with E-state index in [1.54, 1.807) is 58.0 Å². The fourth-order valence-corrected chi connectivity index (χ4v) is 6.46. The second-order valence-corrected chi connectivity index (χ2v) is 13.7. The summed E-state index contributed by atoms with van der Waals surface area (Å²) in [4.78, 5) is 71.7. The van der Waals surface area contributed by atoms with Gasteiger partial charge in [0.05, 0.1) is 17.3 Å². The number of carbonyl (C=O) groups is 5. The first kappa shape index (κ1) is 35.7. The van der Waals surface area contributed by atoms with Gasteiger partial charge < -0.3 is 14.8 Å². The smallest absolute Gasteiger partial charge is 0.438 e. The van der Waals surface area contributed by atoms with Crippen LogP contribution in [-0.2, 0) is 30.5 Å². The lowest BCUT2D eigenvalue weighted by atomic mass is 10.0. The zero-order valence-electron chi connectivity index (χ0n) is 28.8. The number of hydrogen-bond donors (Lipinski definition) is 1. The molecule has 2 fully saturated rings. The predicted molar refractivity (Wildman–Crippen MR) is 185 cm³/mol. The molecule has 49 heavy (non-hydrogen) atoms. The summed E-state index contributed by atoms with van der Waals surface area (Å²) in [5.41, 5.74) is 2.27. The minimum absolute atomic E-state index is 0.0206. The van der Waals surface area contributed by atoms with Gasteiger partial charge in [-0.05, 0) is 83.4 Å². The Morgan fingerprint density at radius 2 is 1.67 bits per heavy atom. The summed E-state index contributed by atoms with van der Waals surface area (Å²) in [7, 11) is 0. The largest absolute Gasteiger partial charge is 0.480 e. The molecule has 12 heteroatoms. The van der Waals surface area contributed by atoms with Crippen molar-refractivity contribution in [2.75, 3.05) is 16.8 Å². The molecule has 4 unspecified atom stereocenters.